The van der Waals surface area contributed by atoms with Crippen LogP contribution in [0.5, 0.6) is 5.75 Å². The number of likely N-dealkylation sites (tertiary alicyclic amines) is 1. The molecule has 4 aromatic rings. The number of ether oxygens (including phenoxy) is 2. The number of nitro benzene ring substituents is 1. The number of nitrogens with zero attached hydrogens (tertiary/aromatic N) is 3. The summed E-state index contributed by atoms with van der Waals surface area (Å²) in [5.41, 5.74) is -2.03. The summed E-state index contributed by atoms with van der Waals surface area (Å²) >= 11 is 1.58. The summed E-state index contributed by atoms with van der Waals surface area (Å²) in [5, 5.41) is 23.3. The second kappa shape index (κ2) is 14.8. The van der Waals surface area contributed by atoms with Crippen LogP contribution in [0.2, 0.25) is 0 Å². The fraction of sp³-hybridized carbons (Fsp3) is 0.343. The topological polar surface area (TPSA) is 107 Å². The van der Waals surface area contributed by atoms with Crippen LogP contribution in [0.1, 0.15) is 36.5 Å². The number of benzene rings is 3. The number of esters is 1. The van der Waals surface area contributed by atoms with Gasteiger partial charge in [-0.05, 0) is 68.3 Å². The third-order valence-electron chi connectivity index (χ3n) is 8.35. The van der Waals surface area contributed by atoms with E-state index < -0.39 is 29.2 Å². The highest BCUT2D eigenvalue weighted by Gasteiger charge is 2.57. The number of aromatic nitrogens is 1. The van der Waals surface area contributed by atoms with Crippen LogP contribution in [0.3, 0.4) is 0 Å². The largest absolute Gasteiger partial charge is 0.496 e. The Morgan fingerprint density at radius 1 is 1.10 bits per heavy atom. The molecule has 1 aliphatic rings. The molecule has 0 radical (unpaired) electrons. The SMILES string of the molecule is CCOC(=O)C=Cc1ccc(SC2CCN(CC(O)(c3cn(Cc4ccccc4)c4cc([N+](=O)[O-])ccc34)C(F)(F)F)CC2)c(OC)c1. The number of fused-ring (bicyclic) bond motifs is 1. The zero-order valence-electron chi connectivity index (χ0n) is 26.5. The number of aliphatic hydroxyl groups is 1. The minimum absolute atomic E-state index is 0.100. The molecule has 1 N–H and O–H groups in total. The van der Waals surface area contributed by atoms with Crippen molar-refractivity contribution in [2.45, 2.75) is 48.2 Å². The number of piperidine rings is 1. The van der Waals surface area contributed by atoms with Crippen LogP contribution < -0.4 is 4.74 Å². The number of carbonyl (C=O) groups is 1. The number of β-amino-alcohol motifs (C(OH)–C–C–N with tert-alkyl or cyclic N) is 1. The first-order valence-corrected chi connectivity index (χ1v) is 16.3. The summed E-state index contributed by atoms with van der Waals surface area (Å²) in [6.07, 6.45) is 0.379. The number of thioether (sulfide) groups is 1. The molecule has 0 aliphatic carbocycles. The van der Waals surface area contributed by atoms with Gasteiger partial charge in [0.1, 0.15) is 5.75 Å². The van der Waals surface area contributed by atoms with Crippen molar-refractivity contribution < 1.29 is 37.5 Å². The molecule has 0 spiro atoms. The normalized spacial score (nSPS) is 15.9. The maximum absolute atomic E-state index is 14.9. The molecule has 13 heteroatoms. The number of alkyl halides is 3. The average molecular weight is 684 g/mol. The van der Waals surface area contributed by atoms with Crippen LogP contribution in [0.25, 0.3) is 17.0 Å². The van der Waals surface area contributed by atoms with E-state index in [9.17, 15) is 33.2 Å². The Kier molecular flexibility index (Phi) is 10.8. The molecule has 48 heavy (non-hydrogen) atoms. The quantitative estimate of drug-likeness (QED) is 0.0724. The number of hydrogen-bond donors (Lipinski definition) is 1. The molecule has 1 saturated heterocycles. The van der Waals surface area contributed by atoms with E-state index in [1.807, 2.05) is 30.3 Å². The number of methoxy groups -OCH3 is 1. The van der Waals surface area contributed by atoms with Gasteiger partial charge in [-0.2, -0.15) is 13.2 Å². The predicted octanol–water partition coefficient (Wildman–Crippen LogP) is 7.19. The van der Waals surface area contributed by atoms with Crippen molar-refractivity contribution in [3.05, 3.63) is 106 Å². The van der Waals surface area contributed by atoms with E-state index in [4.69, 9.17) is 9.47 Å². The third-order valence-corrected chi connectivity index (χ3v) is 9.75. The van der Waals surface area contributed by atoms with E-state index >= 15 is 0 Å². The number of nitro groups is 1. The lowest BCUT2D eigenvalue weighted by molar-refractivity contribution is -0.384. The van der Waals surface area contributed by atoms with E-state index in [0.29, 0.717) is 31.7 Å². The first-order valence-electron chi connectivity index (χ1n) is 15.4. The van der Waals surface area contributed by atoms with E-state index in [-0.39, 0.29) is 40.6 Å². The van der Waals surface area contributed by atoms with Crippen molar-refractivity contribution in [3.63, 3.8) is 0 Å². The lowest BCUT2D eigenvalue weighted by Gasteiger charge is -2.39. The van der Waals surface area contributed by atoms with Crippen molar-refractivity contribution in [1.82, 2.24) is 9.47 Å². The first-order chi connectivity index (χ1) is 22.9. The van der Waals surface area contributed by atoms with Crippen LogP contribution >= 0.6 is 11.8 Å². The highest BCUT2D eigenvalue weighted by molar-refractivity contribution is 8.00. The minimum Gasteiger partial charge on any atom is -0.496 e. The first kappa shape index (κ1) is 35.0. The monoisotopic (exact) mass is 683 g/mol. The maximum atomic E-state index is 14.9. The molecule has 0 amide bonds. The Bertz CT molecular complexity index is 1790. The number of carbonyl (C=O) groups excluding carboxylic acids is 1. The van der Waals surface area contributed by atoms with Gasteiger partial charge in [-0.15, -0.1) is 11.8 Å². The van der Waals surface area contributed by atoms with E-state index in [1.54, 1.807) is 55.0 Å². The van der Waals surface area contributed by atoms with E-state index in [0.717, 1.165) is 22.1 Å². The van der Waals surface area contributed by atoms with Crippen LogP contribution in [-0.2, 0) is 21.7 Å². The number of non-ortho nitro benzene ring substituents is 1. The molecule has 2 heterocycles. The molecule has 1 unspecified atom stereocenters. The molecule has 254 valence electrons. The summed E-state index contributed by atoms with van der Waals surface area (Å²) in [6, 6.07) is 18.3. The van der Waals surface area contributed by atoms with Gasteiger partial charge in [0.05, 0.1) is 24.2 Å². The lowest BCUT2D eigenvalue weighted by Crippen LogP contribution is -2.52. The average Bonchev–Trinajstić information content (AvgIpc) is 3.43. The molecule has 5 rings (SSSR count). The highest BCUT2D eigenvalue weighted by atomic mass is 32.2. The maximum Gasteiger partial charge on any atom is 0.422 e. The molecular weight excluding hydrogens is 647 g/mol. The van der Waals surface area contributed by atoms with Crippen molar-refractivity contribution >= 4 is 40.4 Å². The van der Waals surface area contributed by atoms with Gasteiger partial charge < -0.3 is 19.1 Å². The summed E-state index contributed by atoms with van der Waals surface area (Å²) in [7, 11) is 1.55. The zero-order chi connectivity index (χ0) is 34.5. The second-order valence-electron chi connectivity index (χ2n) is 11.6. The van der Waals surface area contributed by atoms with Gasteiger partial charge in [0.2, 0.25) is 5.60 Å². The molecule has 1 atom stereocenters. The van der Waals surface area contributed by atoms with Gasteiger partial charge in [-0.1, -0.05) is 36.4 Å². The van der Waals surface area contributed by atoms with Gasteiger partial charge in [-0.3, -0.25) is 15.0 Å². The van der Waals surface area contributed by atoms with Gasteiger partial charge in [-0.25, -0.2) is 4.79 Å². The Labute approximate surface area is 280 Å². The smallest absolute Gasteiger partial charge is 0.422 e. The van der Waals surface area contributed by atoms with Crippen molar-refractivity contribution in [2.75, 3.05) is 33.4 Å². The van der Waals surface area contributed by atoms with Crippen LogP contribution in [-0.4, -0.2) is 70.2 Å². The van der Waals surface area contributed by atoms with Gasteiger partial charge in [0, 0.05) is 58.6 Å². The summed E-state index contributed by atoms with van der Waals surface area (Å²) in [4.78, 5) is 25.1. The second-order valence-corrected chi connectivity index (χ2v) is 12.9. The molecule has 1 aliphatic heterocycles. The van der Waals surface area contributed by atoms with Crippen LogP contribution in [0.15, 0.2) is 83.9 Å². The van der Waals surface area contributed by atoms with E-state index in [2.05, 4.69) is 0 Å². The van der Waals surface area contributed by atoms with Gasteiger partial charge >= 0.3 is 12.1 Å². The Balaban J connectivity index is 1.34. The molecule has 0 saturated carbocycles. The summed E-state index contributed by atoms with van der Waals surface area (Å²) in [5.74, 6) is 0.174. The summed E-state index contributed by atoms with van der Waals surface area (Å²) < 4.78 is 56.7. The molecule has 1 fully saturated rings. The van der Waals surface area contributed by atoms with Gasteiger partial charge in [0.25, 0.3) is 5.69 Å². The highest BCUT2D eigenvalue weighted by Crippen LogP contribution is 2.45. The summed E-state index contributed by atoms with van der Waals surface area (Å²) in [6.45, 7) is 2.15. The molecule has 3 aromatic carbocycles. The van der Waals surface area contributed by atoms with Crippen LogP contribution in [0.4, 0.5) is 18.9 Å². The van der Waals surface area contributed by atoms with Gasteiger partial charge in [0.15, 0.2) is 0 Å². The molecular formula is C35H36F3N3O6S. The predicted molar refractivity (Wildman–Crippen MR) is 178 cm³/mol. The fourth-order valence-electron chi connectivity index (χ4n) is 5.89. The standard InChI is InChI=1S/C35H36F3N3O6S/c1-3-47-33(42)14-10-24-9-13-32(31(19-24)46-2)48-27-15-17-39(18-16-27)23-34(43,35(36,37)38)29-22-40(21-25-7-5-4-6-8-25)30-20-26(41(44)45)11-12-28(29)30/h4-14,19-20,22,27,43H,3,15-18,21,23H2,1-2H3. The third kappa shape index (κ3) is 7.86. The molecule has 0 bridgehead atoms. The number of rotatable bonds is 12. The Hall–Kier alpha value is -4.33. The number of hydrogen-bond acceptors (Lipinski definition) is 8. The molecule has 1 aromatic heterocycles. The van der Waals surface area contributed by atoms with Crippen molar-refractivity contribution in [2.24, 2.45) is 0 Å². The lowest BCUT2D eigenvalue weighted by atomic mass is 9.91. The minimum atomic E-state index is -5.02. The van der Waals surface area contributed by atoms with Crippen molar-refractivity contribution in [3.8, 4) is 5.75 Å². The fourth-order valence-corrected chi connectivity index (χ4v) is 7.10. The Morgan fingerprint density at radius 2 is 1.83 bits per heavy atom. The zero-order valence-corrected chi connectivity index (χ0v) is 27.3. The van der Waals surface area contributed by atoms with E-state index in [1.165, 1.54) is 29.0 Å². The Morgan fingerprint density at radius 3 is 2.48 bits per heavy atom. The van der Waals surface area contributed by atoms with Crippen LogP contribution in [0, 0.1) is 10.1 Å². The molecule has 9 nitrogen and oxygen atoms in total. The van der Waals surface area contributed by atoms with Crippen molar-refractivity contribution in [1.29, 1.82) is 0 Å². The number of halogens is 3.